The van der Waals surface area contributed by atoms with Crippen molar-refractivity contribution in [2.45, 2.75) is 31.5 Å². The van der Waals surface area contributed by atoms with Crippen LogP contribution in [0, 0.1) is 0 Å². The lowest BCUT2D eigenvalue weighted by molar-refractivity contribution is -0.0969. The standard InChI is InChI=1S/C15H15F3N2/c16-15(17,18)14-12(9-5-2-1-3-6-9)13(19)10-7-4-8-11(10)20-14/h1-3,5-6,11,20H,4,7-8,19H2. The molecule has 1 atom stereocenters. The normalized spacial score (nSPS) is 22.9. The van der Waals surface area contributed by atoms with Crippen LogP contribution in [0.2, 0.25) is 0 Å². The van der Waals surface area contributed by atoms with Crippen molar-refractivity contribution in [2.24, 2.45) is 5.73 Å². The highest BCUT2D eigenvalue weighted by atomic mass is 19.4. The van der Waals surface area contributed by atoms with Crippen LogP contribution in [0.5, 0.6) is 0 Å². The fraction of sp³-hybridized carbons (Fsp3) is 0.333. The predicted octanol–water partition coefficient (Wildman–Crippen LogP) is 3.33. The Hall–Kier alpha value is -1.91. The molecule has 3 rings (SSSR count). The van der Waals surface area contributed by atoms with Crippen LogP contribution in [0.25, 0.3) is 5.57 Å². The number of fused-ring (bicyclic) bond motifs is 1. The molecule has 0 bridgehead atoms. The molecular weight excluding hydrogens is 265 g/mol. The van der Waals surface area contributed by atoms with E-state index in [0.717, 1.165) is 18.4 Å². The SMILES string of the molecule is NC1=C2CCCC2NC(C(F)(F)F)=C1c1ccccc1. The quantitative estimate of drug-likeness (QED) is 0.828. The highest BCUT2D eigenvalue weighted by molar-refractivity contribution is 5.83. The molecule has 1 aromatic carbocycles. The van der Waals surface area contributed by atoms with E-state index in [2.05, 4.69) is 5.32 Å². The van der Waals surface area contributed by atoms with E-state index in [-0.39, 0.29) is 11.6 Å². The second-order valence-electron chi connectivity index (χ2n) is 5.14. The van der Waals surface area contributed by atoms with Gasteiger partial charge in [-0.2, -0.15) is 13.2 Å². The van der Waals surface area contributed by atoms with Gasteiger partial charge in [-0.05, 0) is 30.4 Å². The third kappa shape index (κ3) is 2.07. The Balaban J connectivity index is 2.20. The van der Waals surface area contributed by atoms with Gasteiger partial charge >= 0.3 is 6.18 Å². The summed E-state index contributed by atoms with van der Waals surface area (Å²) < 4.78 is 39.9. The van der Waals surface area contributed by atoms with E-state index in [9.17, 15) is 13.2 Å². The molecule has 1 aliphatic carbocycles. The van der Waals surface area contributed by atoms with Gasteiger partial charge in [-0.15, -0.1) is 0 Å². The van der Waals surface area contributed by atoms with E-state index >= 15 is 0 Å². The summed E-state index contributed by atoms with van der Waals surface area (Å²) in [5, 5.41) is 2.65. The molecule has 1 heterocycles. The van der Waals surface area contributed by atoms with Crippen molar-refractivity contribution in [3.05, 3.63) is 52.9 Å². The second-order valence-corrected chi connectivity index (χ2v) is 5.14. The molecule has 0 amide bonds. The number of allylic oxidation sites excluding steroid dienone is 2. The molecule has 1 aliphatic heterocycles. The molecule has 1 unspecified atom stereocenters. The summed E-state index contributed by atoms with van der Waals surface area (Å²) in [6, 6.07) is 8.26. The lowest BCUT2D eigenvalue weighted by atomic mass is 9.91. The Kier molecular flexibility index (Phi) is 3.00. The zero-order valence-electron chi connectivity index (χ0n) is 10.8. The Morgan fingerprint density at radius 1 is 1.15 bits per heavy atom. The minimum Gasteiger partial charge on any atom is -0.398 e. The fourth-order valence-corrected chi connectivity index (χ4v) is 3.00. The van der Waals surface area contributed by atoms with Crippen LogP contribution in [0.3, 0.4) is 0 Å². The average molecular weight is 280 g/mol. The summed E-state index contributed by atoms with van der Waals surface area (Å²) >= 11 is 0. The Morgan fingerprint density at radius 2 is 1.85 bits per heavy atom. The number of hydrogen-bond acceptors (Lipinski definition) is 2. The van der Waals surface area contributed by atoms with Gasteiger partial charge in [-0.3, -0.25) is 0 Å². The predicted molar refractivity (Wildman–Crippen MR) is 71.4 cm³/mol. The summed E-state index contributed by atoms with van der Waals surface area (Å²) in [5.41, 5.74) is 7.16. The summed E-state index contributed by atoms with van der Waals surface area (Å²) in [6.07, 6.45) is -2.08. The van der Waals surface area contributed by atoms with Gasteiger partial charge in [0.25, 0.3) is 0 Å². The van der Waals surface area contributed by atoms with Gasteiger partial charge < -0.3 is 11.1 Å². The maximum atomic E-state index is 13.3. The van der Waals surface area contributed by atoms with Crippen molar-refractivity contribution in [1.29, 1.82) is 0 Å². The van der Waals surface area contributed by atoms with Gasteiger partial charge in [0.05, 0.1) is 0 Å². The fourth-order valence-electron chi connectivity index (χ4n) is 3.00. The molecule has 5 heteroatoms. The first kappa shape index (κ1) is 13.1. The van der Waals surface area contributed by atoms with Crippen molar-refractivity contribution in [3.8, 4) is 0 Å². The first-order valence-corrected chi connectivity index (χ1v) is 6.61. The second kappa shape index (κ2) is 4.58. The summed E-state index contributed by atoms with van der Waals surface area (Å²) in [6.45, 7) is 0. The third-order valence-electron chi connectivity index (χ3n) is 3.89. The van der Waals surface area contributed by atoms with E-state index in [1.54, 1.807) is 30.3 Å². The summed E-state index contributed by atoms with van der Waals surface area (Å²) in [7, 11) is 0. The van der Waals surface area contributed by atoms with Gasteiger partial charge in [-0.25, -0.2) is 0 Å². The lowest BCUT2D eigenvalue weighted by Crippen LogP contribution is -2.40. The van der Waals surface area contributed by atoms with Crippen molar-refractivity contribution in [2.75, 3.05) is 0 Å². The monoisotopic (exact) mass is 280 g/mol. The highest BCUT2D eigenvalue weighted by Gasteiger charge is 2.43. The van der Waals surface area contributed by atoms with E-state index < -0.39 is 11.9 Å². The largest absolute Gasteiger partial charge is 0.431 e. The van der Waals surface area contributed by atoms with Gasteiger partial charge in [0, 0.05) is 17.3 Å². The zero-order chi connectivity index (χ0) is 14.3. The third-order valence-corrected chi connectivity index (χ3v) is 3.89. The molecule has 2 aliphatic rings. The lowest BCUT2D eigenvalue weighted by Gasteiger charge is -2.30. The Labute approximate surface area is 115 Å². The van der Waals surface area contributed by atoms with Crippen molar-refractivity contribution < 1.29 is 13.2 Å². The van der Waals surface area contributed by atoms with E-state index in [1.165, 1.54) is 0 Å². The molecular formula is C15H15F3N2. The van der Waals surface area contributed by atoms with Gasteiger partial charge in [0.2, 0.25) is 0 Å². The molecule has 0 radical (unpaired) electrons. The van der Waals surface area contributed by atoms with Crippen LogP contribution in [-0.2, 0) is 0 Å². The Morgan fingerprint density at radius 3 is 2.50 bits per heavy atom. The summed E-state index contributed by atoms with van der Waals surface area (Å²) in [5.74, 6) is 0. The molecule has 3 N–H and O–H groups in total. The number of halogens is 3. The van der Waals surface area contributed by atoms with E-state index in [0.29, 0.717) is 17.7 Å². The number of nitrogens with two attached hydrogens (primary N) is 1. The molecule has 1 fully saturated rings. The van der Waals surface area contributed by atoms with E-state index in [4.69, 9.17) is 5.73 Å². The zero-order valence-corrected chi connectivity index (χ0v) is 10.8. The topological polar surface area (TPSA) is 38.0 Å². The number of alkyl halides is 3. The first-order chi connectivity index (χ1) is 9.48. The molecule has 0 saturated heterocycles. The molecule has 2 nitrogen and oxygen atoms in total. The van der Waals surface area contributed by atoms with Crippen molar-refractivity contribution >= 4 is 5.57 Å². The van der Waals surface area contributed by atoms with E-state index in [1.807, 2.05) is 0 Å². The molecule has 0 spiro atoms. The van der Waals surface area contributed by atoms with Crippen LogP contribution in [0.4, 0.5) is 13.2 Å². The van der Waals surface area contributed by atoms with Crippen LogP contribution in [0.15, 0.2) is 47.3 Å². The van der Waals surface area contributed by atoms with Crippen LogP contribution < -0.4 is 11.1 Å². The van der Waals surface area contributed by atoms with Crippen molar-refractivity contribution in [1.82, 2.24) is 5.32 Å². The number of benzene rings is 1. The maximum Gasteiger partial charge on any atom is 0.431 e. The molecule has 106 valence electrons. The maximum absolute atomic E-state index is 13.3. The Bertz CT molecular complexity index is 585. The number of nitrogens with one attached hydrogen (secondary N) is 1. The summed E-state index contributed by atoms with van der Waals surface area (Å²) in [4.78, 5) is 0. The van der Waals surface area contributed by atoms with Gasteiger partial charge in [0.15, 0.2) is 0 Å². The van der Waals surface area contributed by atoms with Crippen LogP contribution in [-0.4, -0.2) is 12.2 Å². The number of rotatable bonds is 1. The van der Waals surface area contributed by atoms with Gasteiger partial charge in [0.1, 0.15) is 5.70 Å². The molecule has 0 aromatic heterocycles. The highest BCUT2D eigenvalue weighted by Crippen LogP contribution is 2.42. The number of dihydropyridines is 1. The number of hydrogen-bond donors (Lipinski definition) is 2. The van der Waals surface area contributed by atoms with Gasteiger partial charge in [-0.1, -0.05) is 30.3 Å². The van der Waals surface area contributed by atoms with Crippen LogP contribution in [0.1, 0.15) is 24.8 Å². The molecule has 1 aromatic rings. The minimum absolute atomic E-state index is 0.0891. The first-order valence-electron chi connectivity index (χ1n) is 6.61. The average Bonchev–Trinajstić information content (AvgIpc) is 2.87. The van der Waals surface area contributed by atoms with Crippen LogP contribution >= 0.6 is 0 Å². The molecule has 20 heavy (non-hydrogen) atoms. The molecule has 1 saturated carbocycles. The van der Waals surface area contributed by atoms with Crippen molar-refractivity contribution in [3.63, 3.8) is 0 Å². The minimum atomic E-state index is -4.43. The smallest absolute Gasteiger partial charge is 0.398 e.